The largest absolute Gasteiger partial charge is 0.490 e. The van der Waals surface area contributed by atoms with Crippen molar-refractivity contribution in [1.29, 1.82) is 0 Å². The minimum Gasteiger partial charge on any atom is -0.490 e. The van der Waals surface area contributed by atoms with E-state index in [-0.39, 0.29) is 24.0 Å². The number of cyclic esters (lactones) is 1. The number of nitrogens with zero attached hydrogens (tertiary/aromatic N) is 2. The third-order valence-electron chi connectivity index (χ3n) is 5.52. The van der Waals surface area contributed by atoms with Gasteiger partial charge in [-0.25, -0.2) is 13.6 Å². The van der Waals surface area contributed by atoms with Crippen LogP contribution in [0.4, 0.5) is 25.0 Å². The molecule has 0 spiro atoms. The van der Waals surface area contributed by atoms with E-state index < -0.39 is 25.8 Å². The summed E-state index contributed by atoms with van der Waals surface area (Å²) >= 11 is 4.99. The number of thiocarbonyl (C=S) groups is 1. The molecular formula is C19H26F2N2O3SSi. The molecule has 0 aromatic heterocycles. The van der Waals surface area contributed by atoms with E-state index in [1.807, 2.05) is 0 Å². The van der Waals surface area contributed by atoms with E-state index in [0.717, 1.165) is 12.1 Å². The van der Waals surface area contributed by atoms with Gasteiger partial charge in [0.25, 0.3) is 0 Å². The zero-order valence-electron chi connectivity index (χ0n) is 16.5. The van der Waals surface area contributed by atoms with E-state index in [2.05, 4.69) is 13.1 Å². The van der Waals surface area contributed by atoms with Gasteiger partial charge in [0, 0.05) is 31.6 Å². The van der Waals surface area contributed by atoms with E-state index >= 15 is 0 Å². The van der Waals surface area contributed by atoms with Crippen LogP contribution in [0, 0.1) is 11.6 Å². The Morgan fingerprint density at radius 3 is 2.46 bits per heavy atom. The van der Waals surface area contributed by atoms with Crippen molar-refractivity contribution < 1.29 is 23.0 Å². The van der Waals surface area contributed by atoms with Crippen LogP contribution in [0.15, 0.2) is 12.1 Å². The van der Waals surface area contributed by atoms with Gasteiger partial charge in [0.05, 0.1) is 27.4 Å². The molecule has 2 aliphatic rings. The molecule has 3 rings (SSSR count). The van der Waals surface area contributed by atoms with Gasteiger partial charge in [-0.15, -0.1) is 0 Å². The van der Waals surface area contributed by atoms with E-state index in [1.165, 1.54) is 24.1 Å². The Morgan fingerprint density at radius 2 is 1.89 bits per heavy atom. The lowest BCUT2D eigenvalue weighted by Gasteiger charge is -2.37. The predicted molar refractivity (Wildman–Crippen MR) is 112 cm³/mol. The number of anilines is 2. The summed E-state index contributed by atoms with van der Waals surface area (Å²) in [6.07, 6.45) is -0.00874. The molecule has 1 aromatic carbocycles. The molecule has 0 bridgehead atoms. The second kappa shape index (κ2) is 8.32. The molecule has 5 nitrogen and oxygen atoms in total. The molecule has 0 unspecified atom stereocenters. The highest BCUT2D eigenvalue weighted by Gasteiger charge is 2.34. The Morgan fingerprint density at radius 1 is 1.29 bits per heavy atom. The summed E-state index contributed by atoms with van der Waals surface area (Å²) in [5.74, 6) is -1.29. The summed E-state index contributed by atoms with van der Waals surface area (Å²) < 4.78 is 39.8. The van der Waals surface area contributed by atoms with Crippen LogP contribution < -0.4 is 9.80 Å². The number of carbonyl (C=O) groups is 1. The van der Waals surface area contributed by atoms with Crippen molar-refractivity contribution in [3.63, 3.8) is 0 Å². The number of halogens is 2. The Kier molecular flexibility index (Phi) is 6.24. The van der Waals surface area contributed by atoms with Crippen molar-refractivity contribution in [3.05, 3.63) is 23.8 Å². The quantitative estimate of drug-likeness (QED) is 0.508. The number of benzene rings is 1. The molecule has 0 N–H and O–H groups in total. The van der Waals surface area contributed by atoms with Crippen LogP contribution in [0.2, 0.25) is 25.2 Å². The highest BCUT2D eigenvalue weighted by atomic mass is 32.1. The normalized spacial score (nSPS) is 21.6. The molecule has 9 heteroatoms. The first-order valence-electron chi connectivity index (χ1n) is 9.49. The number of carbonyl (C=O) groups excluding carboxylic acids is 1. The monoisotopic (exact) mass is 428 g/mol. The zero-order chi connectivity index (χ0) is 20.5. The Bertz CT molecular complexity index is 745. The molecule has 0 radical (unpaired) electrons. The fourth-order valence-electron chi connectivity index (χ4n) is 3.61. The average molecular weight is 429 g/mol. The van der Waals surface area contributed by atoms with Crippen LogP contribution >= 0.6 is 12.2 Å². The van der Waals surface area contributed by atoms with Crippen LogP contribution in [0.1, 0.15) is 12.8 Å². The zero-order valence-corrected chi connectivity index (χ0v) is 18.3. The first kappa shape index (κ1) is 21.0. The number of rotatable bonds is 5. The molecule has 2 saturated heterocycles. The maximum Gasteiger partial charge on any atom is 0.414 e. The summed E-state index contributed by atoms with van der Waals surface area (Å²) in [7, 11) is 0.252. The average Bonchev–Trinajstić information content (AvgIpc) is 3.01. The van der Waals surface area contributed by atoms with Gasteiger partial charge in [-0.2, -0.15) is 0 Å². The second-order valence-corrected chi connectivity index (χ2v) is 13.9. The smallest absolute Gasteiger partial charge is 0.414 e. The van der Waals surface area contributed by atoms with Crippen LogP contribution in [-0.2, 0) is 9.47 Å². The number of ether oxygens (including phenoxy) is 2. The van der Waals surface area contributed by atoms with Crippen LogP contribution in [-0.4, -0.2) is 52.1 Å². The third-order valence-corrected chi connectivity index (χ3v) is 9.04. The fourth-order valence-corrected chi connectivity index (χ4v) is 5.73. The Labute approximate surface area is 170 Å². The fraction of sp³-hybridized carbons (Fsp3) is 0.579. The SMILES string of the molecule is COC(=S)CC[C@H]1CN(c2cc(F)c(N3CC[Si](C)(C)CC3)c(F)c2)C(=O)O1. The lowest BCUT2D eigenvalue weighted by Crippen LogP contribution is -2.43. The molecule has 2 fully saturated rings. The number of hydrogen-bond donors (Lipinski definition) is 0. The van der Waals surface area contributed by atoms with Gasteiger partial charge in [-0.3, -0.25) is 4.90 Å². The molecule has 2 heterocycles. The van der Waals surface area contributed by atoms with Crippen LogP contribution in [0.5, 0.6) is 0 Å². The summed E-state index contributed by atoms with van der Waals surface area (Å²) in [6, 6.07) is 4.46. The molecule has 1 atom stereocenters. The van der Waals surface area contributed by atoms with Crippen LogP contribution in [0.3, 0.4) is 0 Å². The number of hydrogen-bond acceptors (Lipinski definition) is 5. The number of amides is 1. The van der Waals surface area contributed by atoms with Gasteiger partial charge in [-0.1, -0.05) is 13.1 Å². The topological polar surface area (TPSA) is 42.0 Å². The maximum atomic E-state index is 14.8. The summed E-state index contributed by atoms with van der Waals surface area (Å²) in [6.45, 7) is 6.16. The molecule has 1 amide bonds. The number of methoxy groups -OCH3 is 1. The highest BCUT2D eigenvalue weighted by Crippen LogP contribution is 2.34. The molecule has 2 aliphatic heterocycles. The van der Waals surface area contributed by atoms with Crippen LogP contribution in [0.25, 0.3) is 0 Å². The molecular weight excluding hydrogens is 402 g/mol. The van der Waals surface area contributed by atoms with Gasteiger partial charge in [0.1, 0.15) is 11.8 Å². The van der Waals surface area contributed by atoms with E-state index in [0.29, 0.717) is 31.0 Å². The lowest BCUT2D eigenvalue weighted by atomic mass is 10.2. The van der Waals surface area contributed by atoms with E-state index in [9.17, 15) is 13.6 Å². The molecule has 154 valence electrons. The van der Waals surface area contributed by atoms with E-state index in [1.54, 1.807) is 4.90 Å². The van der Waals surface area contributed by atoms with Gasteiger partial charge < -0.3 is 14.4 Å². The van der Waals surface area contributed by atoms with Gasteiger partial charge in [0.2, 0.25) is 0 Å². The first-order valence-corrected chi connectivity index (χ1v) is 13.3. The van der Waals surface area contributed by atoms with Gasteiger partial charge in [0.15, 0.2) is 16.7 Å². The molecule has 0 aliphatic carbocycles. The molecule has 1 aromatic rings. The predicted octanol–water partition coefficient (Wildman–Crippen LogP) is 4.57. The van der Waals surface area contributed by atoms with Crippen molar-refractivity contribution in [2.75, 3.05) is 36.5 Å². The van der Waals surface area contributed by atoms with Gasteiger partial charge in [-0.05, 0) is 30.7 Å². The van der Waals surface area contributed by atoms with Crippen molar-refractivity contribution in [2.45, 2.75) is 44.1 Å². The highest BCUT2D eigenvalue weighted by molar-refractivity contribution is 7.80. The van der Waals surface area contributed by atoms with Gasteiger partial charge >= 0.3 is 6.09 Å². The minimum absolute atomic E-state index is 0.00260. The Balaban J connectivity index is 1.72. The lowest BCUT2D eigenvalue weighted by molar-refractivity contribution is 0.137. The van der Waals surface area contributed by atoms with Crippen molar-refractivity contribution in [1.82, 2.24) is 0 Å². The maximum absolute atomic E-state index is 14.8. The Hall–Kier alpha value is -1.74. The van der Waals surface area contributed by atoms with Crippen molar-refractivity contribution >= 4 is 42.8 Å². The molecule has 28 heavy (non-hydrogen) atoms. The van der Waals surface area contributed by atoms with Crippen molar-refractivity contribution in [3.8, 4) is 0 Å². The second-order valence-electron chi connectivity index (χ2n) is 8.14. The van der Waals surface area contributed by atoms with E-state index in [4.69, 9.17) is 21.7 Å². The van der Waals surface area contributed by atoms with Crippen molar-refractivity contribution in [2.24, 2.45) is 0 Å². The third kappa shape index (κ3) is 4.63. The minimum atomic E-state index is -1.24. The summed E-state index contributed by atoms with van der Waals surface area (Å²) in [4.78, 5) is 15.2. The molecule has 0 saturated carbocycles. The first-order chi connectivity index (χ1) is 13.2. The summed E-state index contributed by atoms with van der Waals surface area (Å²) in [5, 5.41) is 0.434. The summed E-state index contributed by atoms with van der Waals surface area (Å²) in [5.41, 5.74) is 0.176. The standard InChI is InChI=1S/C19H26F2N2O3SSi/c1-25-17(27)5-4-14-12-23(19(24)26-14)13-10-15(20)18(16(21)11-13)22-6-8-28(2,3)9-7-22/h10-11,14H,4-9,12H2,1-3H3/t14-/m0/s1.